The summed E-state index contributed by atoms with van der Waals surface area (Å²) < 4.78 is 6.54. The van der Waals surface area contributed by atoms with Gasteiger partial charge in [0, 0.05) is 16.6 Å². The minimum atomic E-state index is -0.765. The SMILES string of the molecule is O=C(Nc1ccc([N+](=O)[O-])cc1Cl)Oc1ccc(Br)cc1Br. The summed E-state index contributed by atoms with van der Waals surface area (Å²) in [6.07, 6.45) is -0.765. The molecule has 0 radical (unpaired) electrons. The molecule has 0 heterocycles. The molecular formula is C13H7Br2ClN2O4. The second-order valence-corrected chi connectivity index (χ2v) is 6.19. The molecule has 1 N–H and O–H groups in total. The summed E-state index contributed by atoms with van der Waals surface area (Å²) in [5, 5.41) is 13.1. The second kappa shape index (κ2) is 7.08. The van der Waals surface area contributed by atoms with Gasteiger partial charge >= 0.3 is 6.09 Å². The average molecular weight is 450 g/mol. The van der Waals surface area contributed by atoms with Gasteiger partial charge in [0.25, 0.3) is 5.69 Å². The maximum atomic E-state index is 11.8. The van der Waals surface area contributed by atoms with Gasteiger partial charge in [0.2, 0.25) is 0 Å². The Bertz CT molecular complexity index is 755. The van der Waals surface area contributed by atoms with Crippen molar-refractivity contribution in [2.45, 2.75) is 0 Å². The highest BCUT2D eigenvalue weighted by molar-refractivity contribution is 9.11. The number of nitro groups is 1. The number of hydrogen-bond acceptors (Lipinski definition) is 4. The molecule has 0 saturated heterocycles. The molecule has 0 bridgehead atoms. The summed E-state index contributed by atoms with van der Waals surface area (Å²) in [5.74, 6) is 0.318. The molecule has 0 aromatic heterocycles. The van der Waals surface area contributed by atoms with Crippen molar-refractivity contribution in [2.75, 3.05) is 5.32 Å². The Labute approximate surface area is 146 Å². The molecule has 0 unspecified atom stereocenters. The number of non-ortho nitro benzene ring substituents is 1. The van der Waals surface area contributed by atoms with Crippen LogP contribution in [0.1, 0.15) is 0 Å². The Kier molecular flexibility index (Phi) is 5.38. The molecule has 114 valence electrons. The van der Waals surface area contributed by atoms with Crippen molar-refractivity contribution in [2.24, 2.45) is 0 Å². The van der Waals surface area contributed by atoms with Gasteiger partial charge in [-0.3, -0.25) is 15.4 Å². The Morgan fingerprint density at radius 2 is 1.95 bits per heavy atom. The fourth-order valence-electron chi connectivity index (χ4n) is 1.51. The highest BCUT2D eigenvalue weighted by atomic mass is 79.9. The highest BCUT2D eigenvalue weighted by Crippen LogP contribution is 2.30. The smallest absolute Gasteiger partial charge is 0.409 e. The molecule has 0 aliphatic carbocycles. The second-order valence-electron chi connectivity index (χ2n) is 4.01. The van der Waals surface area contributed by atoms with E-state index in [0.29, 0.717) is 10.2 Å². The van der Waals surface area contributed by atoms with Crippen LogP contribution in [0.2, 0.25) is 5.02 Å². The van der Waals surface area contributed by atoms with Crippen molar-refractivity contribution in [1.29, 1.82) is 0 Å². The van der Waals surface area contributed by atoms with E-state index in [2.05, 4.69) is 37.2 Å². The van der Waals surface area contributed by atoms with Crippen molar-refractivity contribution in [3.8, 4) is 5.75 Å². The fraction of sp³-hybridized carbons (Fsp3) is 0. The first kappa shape index (κ1) is 16.7. The van der Waals surface area contributed by atoms with Crippen LogP contribution in [0.3, 0.4) is 0 Å². The summed E-state index contributed by atoms with van der Waals surface area (Å²) in [6.45, 7) is 0. The Morgan fingerprint density at radius 3 is 2.55 bits per heavy atom. The lowest BCUT2D eigenvalue weighted by molar-refractivity contribution is -0.384. The van der Waals surface area contributed by atoms with Gasteiger partial charge in [-0.05, 0) is 40.2 Å². The summed E-state index contributed by atoms with van der Waals surface area (Å²) in [6, 6.07) is 8.75. The normalized spacial score (nSPS) is 10.1. The largest absolute Gasteiger partial charge is 0.417 e. The standard InChI is InChI=1S/C13H7Br2ClN2O4/c14-7-1-4-12(9(15)5-7)22-13(19)17-11-3-2-8(18(20)21)6-10(11)16/h1-6H,(H,17,19). The van der Waals surface area contributed by atoms with Crippen LogP contribution in [-0.2, 0) is 0 Å². The summed E-state index contributed by atoms with van der Waals surface area (Å²) in [7, 11) is 0. The minimum Gasteiger partial charge on any atom is -0.409 e. The Hall–Kier alpha value is -1.64. The molecule has 6 nitrogen and oxygen atoms in total. The number of carbonyl (C=O) groups excluding carboxylic acids is 1. The van der Waals surface area contributed by atoms with Crippen molar-refractivity contribution >= 4 is 60.9 Å². The van der Waals surface area contributed by atoms with Crippen LogP contribution in [-0.4, -0.2) is 11.0 Å². The number of nitrogens with one attached hydrogen (secondary N) is 1. The minimum absolute atomic E-state index is 0.0426. The van der Waals surface area contributed by atoms with E-state index in [1.165, 1.54) is 12.1 Å². The van der Waals surface area contributed by atoms with E-state index in [4.69, 9.17) is 16.3 Å². The fourth-order valence-corrected chi connectivity index (χ4v) is 2.86. The molecule has 0 aliphatic rings. The van der Waals surface area contributed by atoms with Gasteiger partial charge < -0.3 is 4.74 Å². The van der Waals surface area contributed by atoms with Gasteiger partial charge in [-0.1, -0.05) is 27.5 Å². The number of rotatable bonds is 3. The van der Waals surface area contributed by atoms with Gasteiger partial charge in [-0.25, -0.2) is 4.79 Å². The van der Waals surface area contributed by atoms with Gasteiger partial charge in [-0.2, -0.15) is 0 Å². The van der Waals surface area contributed by atoms with Crippen LogP contribution >= 0.6 is 43.5 Å². The summed E-state index contributed by atoms with van der Waals surface area (Å²) in [5.41, 5.74) is 0.0464. The molecule has 0 aliphatic heterocycles. The maximum Gasteiger partial charge on any atom is 0.417 e. The number of anilines is 1. The quantitative estimate of drug-likeness (QED) is 0.503. The first-order valence-corrected chi connectivity index (χ1v) is 7.71. The maximum absolute atomic E-state index is 11.8. The molecule has 2 rings (SSSR count). The van der Waals surface area contributed by atoms with Gasteiger partial charge in [-0.15, -0.1) is 0 Å². The van der Waals surface area contributed by atoms with Crippen LogP contribution in [0.4, 0.5) is 16.2 Å². The zero-order valence-electron chi connectivity index (χ0n) is 10.7. The van der Waals surface area contributed by atoms with Gasteiger partial charge in [0.1, 0.15) is 5.75 Å². The number of hydrogen-bond donors (Lipinski definition) is 1. The topological polar surface area (TPSA) is 81.5 Å². The van der Waals surface area contributed by atoms with E-state index >= 15 is 0 Å². The zero-order valence-corrected chi connectivity index (χ0v) is 14.6. The van der Waals surface area contributed by atoms with E-state index in [1.54, 1.807) is 18.2 Å². The molecule has 0 saturated carbocycles. The van der Waals surface area contributed by atoms with Crippen molar-refractivity contribution < 1.29 is 14.5 Å². The summed E-state index contributed by atoms with van der Waals surface area (Å²) >= 11 is 12.4. The van der Waals surface area contributed by atoms with Crippen molar-refractivity contribution in [3.63, 3.8) is 0 Å². The predicted octanol–water partition coefficient (Wildman–Crippen LogP) is 5.38. The monoisotopic (exact) mass is 448 g/mol. The lowest BCUT2D eigenvalue weighted by atomic mass is 10.3. The van der Waals surface area contributed by atoms with Crippen LogP contribution in [0.5, 0.6) is 5.75 Å². The van der Waals surface area contributed by atoms with Gasteiger partial charge in [0.15, 0.2) is 0 Å². The third-order valence-corrected chi connectivity index (χ3v) is 3.92. The van der Waals surface area contributed by atoms with Crippen LogP contribution in [0, 0.1) is 10.1 Å². The first-order chi connectivity index (χ1) is 10.4. The van der Waals surface area contributed by atoms with E-state index in [9.17, 15) is 14.9 Å². The van der Waals surface area contributed by atoms with E-state index in [1.807, 2.05) is 0 Å². The molecule has 0 atom stereocenters. The van der Waals surface area contributed by atoms with Gasteiger partial charge in [0.05, 0.1) is 20.1 Å². The van der Waals surface area contributed by atoms with Crippen molar-refractivity contribution in [1.82, 2.24) is 0 Å². The summed E-state index contributed by atoms with van der Waals surface area (Å²) in [4.78, 5) is 21.9. The lowest BCUT2D eigenvalue weighted by Gasteiger charge is -2.09. The highest BCUT2D eigenvalue weighted by Gasteiger charge is 2.13. The number of carbonyl (C=O) groups is 1. The number of nitro benzene ring substituents is 1. The predicted molar refractivity (Wildman–Crippen MR) is 89.6 cm³/mol. The molecule has 0 spiro atoms. The lowest BCUT2D eigenvalue weighted by Crippen LogP contribution is -2.17. The number of halogens is 3. The van der Waals surface area contributed by atoms with Crippen LogP contribution < -0.4 is 10.1 Å². The van der Waals surface area contributed by atoms with Crippen LogP contribution in [0.25, 0.3) is 0 Å². The van der Waals surface area contributed by atoms with E-state index < -0.39 is 11.0 Å². The number of benzene rings is 2. The average Bonchev–Trinajstić information content (AvgIpc) is 2.44. The number of ether oxygens (including phenoxy) is 1. The molecule has 22 heavy (non-hydrogen) atoms. The third kappa shape index (κ3) is 4.19. The molecule has 2 aromatic rings. The molecule has 0 fully saturated rings. The Balaban J connectivity index is 2.10. The Morgan fingerprint density at radius 1 is 1.23 bits per heavy atom. The van der Waals surface area contributed by atoms with E-state index in [0.717, 1.165) is 10.5 Å². The third-order valence-electron chi connectivity index (χ3n) is 2.50. The van der Waals surface area contributed by atoms with Crippen LogP contribution in [0.15, 0.2) is 45.3 Å². The molecular weight excluding hydrogens is 443 g/mol. The zero-order chi connectivity index (χ0) is 16.3. The molecule has 9 heteroatoms. The molecule has 1 amide bonds. The number of nitrogens with zero attached hydrogens (tertiary/aromatic N) is 1. The number of amides is 1. The molecule has 2 aromatic carbocycles. The first-order valence-electron chi connectivity index (χ1n) is 5.74. The van der Waals surface area contributed by atoms with E-state index in [-0.39, 0.29) is 16.4 Å². The van der Waals surface area contributed by atoms with Crippen molar-refractivity contribution in [3.05, 3.63) is 60.5 Å².